The van der Waals surface area contributed by atoms with Crippen LogP contribution in [-0.4, -0.2) is 18.6 Å². The lowest BCUT2D eigenvalue weighted by atomic mass is 9.93. The van der Waals surface area contributed by atoms with Crippen molar-refractivity contribution in [1.29, 1.82) is 0 Å². The van der Waals surface area contributed by atoms with Gasteiger partial charge in [0.2, 0.25) is 0 Å². The molecular weight excluding hydrogens is 238 g/mol. The molecule has 1 unspecified atom stereocenters. The summed E-state index contributed by atoms with van der Waals surface area (Å²) in [4.78, 5) is 12.0. The molecule has 0 spiro atoms. The maximum Gasteiger partial charge on any atom is 0.323 e. The fourth-order valence-electron chi connectivity index (χ4n) is 2.18. The molecule has 1 heterocycles. The van der Waals surface area contributed by atoms with Crippen molar-refractivity contribution < 1.29 is 9.53 Å². The number of carbonyl (C=O) groups is 1. The number of hydrogen-bond donors (Lipinski definition) is 1. The lowest BCUT2D eigenvalue weighted by Gasteiger charge is -2.25. The summed E-state index contributed by atoms with van der Waals surface area (Å²) in [6.45, 7) is 7.69. The van der Waals surface area contributed by atoms with Gasteiger partial charge in [0.05, 0.1) is 6.61 Å². The van der Waals surface area contributed by atoms with Gasteiger partial charge in [0.25, 0.3) is 0 Å². The number of rotatable bonds is 3. The molecule has 1 N–H and O–H groups in total. The van der Waals surface area contributed by atoms with Crippen molar-refractivity contribution in [2.45, 2.75) is 46.2 Å². The minimum Gasteiger partial charge on any atom is -0.464 e. The van der Waals surface area contributed by atoms with Crippen LogP contribution in [0.4, 0.5) is 0 Å². The summed E-state index contributed by atoms with van der Waals surface area (Å²) < 4.78 is 5.37. The van der Waals surface area contributed by atoms with Crippen LogP contribution < -0.4 is 5.32 Å². The van der Waals surface area contributed by atoms with E-state index < -0.39 is 0 Å². The first-order valence-electron chi connectivity index (χ1n) is 6.92. The maximum absolute atomic E-state index is 12.0. The van der Waals surface area contributed by atoms with Crippen molar-refractivity contribution in [1.82, 2.24) is 5.32 Å². The van der Waals surface area contributed by atoms with Crippen molar-refractivity contribution in [3.63, 3.8) is 0 Å². The zero-order valence-corrected chi connectivity index (χ0v) is 12.0. The molecule has 0 amide bonds. The van der Waals surface area contributed by atoms with Gasteiger partial charge >= 0.3 is 5.97 Å². The number of benzene rings is 1. The molecule has 0 radical (unpaired) electrons. The summed E-state index contributed by atoms with van der Waals surface area (Å²) in [5.74, 6) is -0.126. The summed E-state index contributed by atoms with van der Waals surface area (Å²) >= 11 is 0. The lowest BCUT2D eigenvalue weighted by Crippen LogP contribution is -2.43. The van der Waals surface area contributed by atoms with E-state index in [1.807, 2.05) is 12.1 Å². The summed E-state index contributed by atoms with van der Waals surface area (Å²) in [6, 6.07) is 8.04. The highest BCUT2D eigenvalue weighted by atomic mass is 16.5. The van der Waals surface area contributed by atoms with Crippen LogP contribution >= 0.6 is 0 Å². The molecule has 0 saturated carbocycles. The smallest absolute Gasteiger partial charge is 0.323 e. The lowest BCUT2D eigenvalue weighted by molar-refractivity contribution is -0.147. The van der Waals surface area contributed by atoms with Crippen LogP contribution in [0.25, 0.3) is 0 Å². The monoisotopic (exact) mass is 261 g/mol. The Morgan fingerprint density at radius 1 is 1.32 bits per heavy atom. The van der Waals surface area contributed by atoms with E-state index in [0.29, 0.717) is 6.61 Å². The molecule has 104 valence electrons. The molecule has 0 bridgehead atoms. The van der Waals surface area contributed by atoms with Gasteiger partial charge < -0.3 is 10.1 Å². The minimum atomic E-state index is -0.199. The van der Waals surface area contributed by atoms with Crippen molar-refractivity contribution in [2.24, 2.45) is 5.41 Å². The molecule has 3 nitrogen and oxygen atoms in total. The van der Waals surface area contributed by atoms with Crippen LogP contribution in [0.1, 0.15) is 38.3 Å². The Labute approximate surface area is 115 Å². The van der Waals surface area contributed by atoms with Crippen LogP contribution in [0.3, 0.4) is 0 Å². The van der Waals surface area contributed by atoms with Crippen LogP contribution in [0, 0.1) is 5.41 Å². The van der Waals surface area contributed by atoms with E-state index in [0.717, 1.165) is 19.4 Å². The largest absolute Gasteiger partial charge is 0.464 e. The molecule has 1 aromatic carbocycles. The van der Waals surface area contributed by atoms with E-state index in [4.69, 9.17) is 4.74 Å². The summed E-state index contributed by atoms with van der Waals surface area (Å²) in [7, 11) is 0. The Morgan fingerprint density at radius 2 is 2.00 bits per heavy atom. The van der Waals surface area contributed by atoms with Crippen molar-refractivity contribution in [3.05, 3.63) is 35.4 Å². The highest BCUT2D eigenvalue weighted by Crippen LogP contribution is 2.19. The molecule has 2 rings (SSSR count). The van der Waals surface area contributed by atoms with Crippen molar-refractivity contribution in [3.8, 4) is 0 Å². The Bertz CT molecular complexity index is 448. The number of carbonyl (C=O) groups excluding carboxylic acids is 1. The molecule has 1 atom stereocenters. The molecule has 1 aromatic rings. The number of hydrogen-bond acceptors (Lipinski definition) is 3. The maximum atomic E-state index is 12.0. The highest BCUT2D eigenvalue weighted by molar-refractivity contribution is 5.76. The van der Waals surface area contributed by atoms with Crippen molar-refractivity contribution in [2.75, 3.05) is 6.61 Å². The Morgan fingerprint density at radius 3 is 2.68 bits per heavy atom. The first kappa shape index (κ1) is 14.1. The first-order chi connectivity index (χ1) is 8.96. The van der Waals surface area contributed by atoms with E-state index in [2.05, 4.69) is 38.2 Å². The molecule has 0 aromatic heterocycles. The van der Waals surface area contributed by atoms with Crippen LogP contribution in [0.15, 0.2) is 24.3 Å². The van der Waals surface area contributed by atoms with Gasteiger partial charge in [-0.25, -0.2) is 0 Å². The van der Waals surface area contributed by atoms with Gasteiger partial charge in [-0.2, -0.15) is 0 Å². The third kappa shape index (κ3) is 4.06. The van der Waals surface area contributed by atoms with E-state index in [1.165, 1.54) is 11.1 Å². The van der Waals surface area contributed by atoms with Gasteiger partial charge in [-0.05, 0) is 29.4 Å². The molecule has 1 aliphatic rings. The van der Waals surface area contributed by atoms with E-state index in [1.54, 1.807) is 0 Å². The normalized spacial score (nSPS) is 18.8. The van der Waals surface area contributed by atoms with Crippen LogP contribution in [0.5, 0.6) is 0 Å². The second-order valence-corrected chi connectivity index (χ2v) is 6.38. The fraction of sp³-hybridized carbons (Fsp3) is 0.562. The molecule has 0 fully saturated rings. The van der Waals surface area contributed by atoms with Gasteiger partial charge in [-0.3, -0.25) is 4.79 Å². The number of nitrogens with one attached hydrogen (secondary N) is 1. The van der Waals surface area contributed by atoms with Crippen LogP contribution in [-0.2, 0) is 22.5 Å². The quantitative estimate of drug-likeness (QED) is 0.850. The highest BCUT2D eigenvalue weighted by Gasteiger charge is 2.25. The zero-order valence-electron chi connectivity index (χ0n) is 12.0. The topological polar surface area (TPSA) is 38.3 Å². The third-order valence-electron chi connectivity index (χ3n) is 3.46. The van der Waals surface area contributed by atoms with Crippen LogP contribution in [0.2, 0.25) is 0 Å². The molecule has 3 heteroatoms. The second-order valence-electron chi connectivity index (χ2n) is 6.38. The minimum absolute atomic E-state index is 0.126. The molecule has 19 heavy (non-hydrogen) atoms. The standard InChI is InChI=1S/C16H23NO2/c1-16(2,3)8-9-19-15(18)14-10-12-6-4-5-7-13(12)11-17-14/h4-7,14,17H,8-11H2,1-3H3. The van der Waals surface area contributed by atoms with Gasteiger partial charge in [0.15, 0.2) is 0 Å². The number of fused-ring (bicyclic) bond motifs is 1. The van der Waals surface area contributed by atoms with E-state index >= 15 is 0 Å². The zero-order chi connectivity index (χ0) is 13.9. The third-order valence-corrected chi connectivity index (χ3v) is 3.46. The van der Waals surface area contributed by atoms with Gasteiger partial charge in [-0.15, -0.1) is 0 Å². The Kier molecular flexibility index (Phi) is 4.25. The Balaban J connectivity index is 1.85. The number of ether oxygens (including phenoxy) is 1. The fourth-order valence-corrected chi connectivity index (χ4v) is 2.18. The van der Waals surface area contributed by atoms with E-state index in [-0.39, 0.29) is 17.4 Å². The Hall–Kier alpha value is -1.35. The average Bonchev–Trinajstić information content (AvgIpc) is 2.36. The summed E-state index contributed by atoms with van der Waals surface area (Å²) in [6.07, 6.45) is 1.62. The number of esters is 1. The molecule has 1 aliphatic heterocycles. The predicted octanol–water partition coefficient (Wildman–Crippen LogP) is 2.68. The van der Waals surface area contributed by atoms with Gasteiger partial charge in [-0.1, -0.05) is 45.0 Å². The van der Waals surface area contributed by atoms with Gasteiger partial charge in [0.1, 0.15) is 6.04 Å². The van der Waals surface area contributed by atoms with E-state index in [9.17, 15) is 4.79 Å². The SMILES string of the molecule is CC(C)(C)CCOC(=O)C1Cc2ccccc2CN1. The molecular formula is C16H23NO2. The van der Waals surface area contributed by atoms with Gasteiger partial charge in [0, 0.05) is 6.54 Å². The summed E-state index contributed by atoms with van der Waals surface area (Å²) in [5.41, 5.74) is 2.73. The van der Waals surface area contributed by atoms with Crippen molar-refractivity contribution >= 4 is 5.97 Å². The second kappa shape index (κ2) is 5.74. The average molecular weight is 261 g/mol. The summed E-state index contributed by atoms with van der Waals surface area (Å²) in [5, 5.41) is 3.25. The molecule has 0 saturated heterocycles. The predicted molar refractivity (Wildman–Crippen MR) is 75.8 cm³/mol. The molecule has 0 aliphatic carbocycles. The first-order valence-corrected chi connectivity index (χ1v) is 6.92.